The van der Waals surface area contributed by atoms with Gasteiger partial charge in [-0.25, -0.2) is 4.79 Å². The SMILES string of the molecule is COc1ccc(NC(=O)Nc2ccc3c(c2)CCCC(=O)N3)cc1. The van der Waals surface area contributed by atoms with Crippen LogP contribution in [0.15, 0.2) is 42.5 Å². The Labute approximate surface area is 140 Å². The summed E-state index contributed by atoms with van der Waals surface area (Å²) in [5.41, 5.74) is 3.22. The summed E-state index contributed by atoms with van der Waals surface area (Å²) < 4.78 is 5.08. The number of urea groups is 1. The van der Waals surface area contributed by atoms with Crippen molar-refractivity contribution in [1.29, 1.82) is 0 Å². The van der Waals surface area contributed by atoms with Gasteiger partial charge in [-0.05, 0) is 60.9 Å². The lowest BCUT2D eigenvalue weighted by atomic mass is 10.1. The van der Waals surface area contributed by atoms with Crippen molar-refractivity contribution in [2.45, 2.75) is 19.3 Å². The van der Waals surface area contributed by atoms with E-state index in [1.54, 1.807) is 37.4 Å². The van der Waals surface area contributed by atoms with Crippen LogP contribution in [0.5, 0.6) is 5.75 Å². The van der Waals surface area contributed by atoms with Crippen LogP contribution in [-0.2, 0) is 11.2 Å². The molecular formula is C18H19N3O3. The molecule has 0 bridgehead atoms. The molecule has 0 saturated carbocycles. The van der Waals surface area contributed by atoms with Crippen molar-refractivity contribution >= 4 is 29.0 Å². The molecule has 6 heteroatoms. The molecule has 6 nitrogen and oxygen atoms in total. The zero-order chi connectivity index (χ0) is 16.9. The number of methoxy groups -OCH3 is 1. The van der Waals surface area contributed by atoms with E-state index in [9.17, 15) is 9.59 Å². The highest BCUT2D eigenvalue weighted by Crippen LogP contribution is 2.25. The Morgan fingerprint density at radius 3 is 2.50 bits per heavy atom. The highest BCUT2D eigenvalue weighted by atomic mass is 16.5. The molecule has 0 unspecified atom stereocenters. The van der Waals surface area contributed by atoms with Crippen molar-refractivity contribution in [3.8, 4) is 5.75 Å². The standard InChI is InChI=1S/C18H19N3O3/c1-24-15-8-5-13(6-9-15)19-18(23)20-14-7-10-16-12(11-14)3-2-4-17(22)21-16/h5-11H,2-4H2,1H3,(H,21,22)(H2,19,20,23). The number of carbonyl (C=O) groups excluding carboxylic acids is 2. The second-order valence-corrected chi connectivity index (χ2v) is 5.58. The van der Waals surface area contributed by atoms with Gasteiger partial charge in [0.15, 0.2) is 0 Å². The maximum atomic E-state index is 12.1. The molecule has 0 spiro atoms. The summed E-state index contributed by atoms with van der Waals surface area (Å²) in [5.74, 6) is 0.764. The molecule has 0 atom stereocenters. The van der Waals surface area contributed by atoms with Crippen LogP contribution in [0.2, 0.25) is 0 Å². The number of ether oxygens (including phenoxy) is 1. The molecule has 124 valence electrons. The fourth-order valence-corrected chi connectivity index (χ4v) is 2.62. The maximum absolute atomic E-state index is 12.1. The number of aryl methyl sites for hydroxylation is 1. The monoisotopic (exact) mass is 325 g/mol. The quantitative estimate of drug-likeness (QED) is 0.806. The van der Waals surface area contributed by atoms with Crippen LogP contribution in [0.3, 0.4) is 0 Å². The maximum Gasteiger partial charge on any atom is 0.323 e. The molecular weight excluding hydrogens is 306 g/mol. The average molecular weight is 325 g/mol. The Bertz CT molecular complexity index is 757. The number of benzene rings is 2. The Morgan fingerprint density at radius 1 is 1.04 bits per heavy atom. The van der Waals surface area contributed by atoms with Gasteiger partial charge in [-0.3, -0.25) is 4.79 Å². The van der Waals surface area contributed by atoms with Gasteiger partial charge in [0.05, 0.1) is 7.11 Å². The van der Waals surface area contributed by atoms with Crippen molar-refractivity contribution in [2.75, 3.05) is 23.1 Å². The molecule has 0 saturated heterocycles. The fourth-order valence-electron chi connectivity index (χ4n) is 2.62. The van der Waals surface area contributed by atoms with Gasteiger partial charge in [-0.1, -0.05) is 0 Å². The van der Waals surface area contributed by atoms with Crippen molar-refractivity contribution in [3.05, 3.63) is 48.0 Å². The van der Waals surface area contributed by atoms with E-state index in [0.717, 1.165) is 29.8 Å². The summed E-state index contributed by atoms with van der Waals surface area (Å²) in [6.45, 7) is 0. The smallest absolute Gasteiger partial charge is 0.323 e. The molecule has 3 N–H and O–H groups in total. The molecule has 1 heterocycles. The zero-order valence-corrected chi connectivity index (χ0v) is 13.4. The largest absolute Gasteiger partial charge is 0.497 e. The first-order chi connectivity index (χ1) is 11.6. The van der Waals surface area contributed by atoms with E-state index in [1.165, 1.54) is 0 Å². The predicted molar refractivity (Wildman–Crippen MR) is 93.6 cm³/mol. The summed E-state index contributed by atoms with van der Waals surface area (Å²) in [6, 6.07) is 12.3. The molecule has 2 aromatic carbocycles. The first-order valence-electron chi connectivity index (χ1n) is 7.79. The molecule has 0 aromatic heterocycles. The number of anilines is 3. The van der Waals surface area contributed by atoms with Gasteiger partial charge in [0.1, 0.15) is 5.75 Å². The predicted octanol–water partition coefficient (Wildman–Crippen LogP) is 3.61. The van der Waals surface area contributed by atoms with Crippen LogP contribution in [0, 0.1) is 0 Å². The van der Waals surface area contributed by atoms with Crippen molar-refractivity contribution in [2.24, 2.45) is 0 Å². The van der Waals surface area contributed by atoms with Crippen LogP contribution in [0.25, 0.3) is 0 Å². The van der Waals surface area contributed by atoms with Crippen LogP contribution in [0.1, 0.15) is 18.4 Å². The summed E-state index contributed by atoms with van der Waals surface area (Å²) in [7, 11) is 1.59. The van der Waals surface area contributed by atoms with E-state index in [-0.39, 0.29) is 11.9 Å². The van der Waals surface area contributed by atoms with E-state index >= 15 is 0 Å². The van der Waals surface area contributed by atoms with E-state index in [2.05, 4.69) is 16.0 Å². The number of hydrogen-bond donors (Lipinski definition) is 3. The Hall–Kier alpha value is -3.02. The topological polar surface area (TPSA) is 79.5 Å². The van der Waals surface area contributed by atoms with Gasteiger partial charge in [0.2, 0.25) is 5.91 Å². The van der Waals surface area contributed by atoms with E-state index in [0.29, 0.717) is 17.8 Å². The molecule has 24 heavy (non-hydrogen) atoms. The highest BCUT2D eigenvalue weighted by molar-refractivity contribution is 6.00. The van der Waals surface area contributed by atoms with E-state index in [1.807, 2.05) is 12.1 Å². The van der Waals surface area contributed by atoms with Crippen molar-refractivity contribution < 1.29 is 14.3 Å². The Kier molecular flexibility index (Phi) is 4.65. The van der Waals surface area contributed by atoms with Crippen molar-refractivity contribution in [3.63, 3.8) is 0 Å². The summed E-state index contributed by atoms with van der Waals surface area (Å²) in [5, 5.41) is 8.45. The summed E-state index contributed by atoms with van der Waals surface area (Å²) in [4.78, 5) is 23.7. The van der Waals surface area contributed by atoms with Gasteiger partial charge in [0, 0.05) is 23.5 Å². The van der Waals surface area contributed by atoms with Crippen LogP contribution >= 0.6 is 0 Å². The lowest BCUT2D eigenvalue weighted by Gasteiger charge is -2.11. The Morgan fingerprint density at radius 2 is 1.75 bits per heavy atom. The van der Waals surface area contributed by atoms with Crippen molar-refractivity contribution in [1.82, 2.24) is 0 Å². The molecule has 1 aliphatic rings. The molecule has 0 fully saturated rings. The third kappa shape index (κ3) is 3.84. The van der Waals surface area contributed by atoms with Gasteiger partial charge in [0.25, 0.3) is 0 Å². The lowest BCUT2D eigenvalue weighted by molar-refractivity contribution is -0.116. The molecule has 3 amide bonds. The van der Waals surface area contributed by atoms with Gasteiger partial charge in [-0.2, -0.15) is 0 Å². The van der Waals surface area contributed by atoms with Gasteiger partial charge < -0.3 is 20.7 Å². The van der Waals surface area contributed by atoms with Crippen LogP contribution in [0.4, 0.5) is 21.9 Å². The molecule has 2 aromatic rings. The molecule has 3 rings (SSSR count). The third-order valence-corrected chi connectivity index (χ3v) is 3.84. The van der Waals surface area contributed by atoms with Crippen LogP contribution < -0.4 is 20.7 Å². The normalized spacial score (nSPS) is 13.3. The molecule has 0 aliphatic carbocycles. The number of hydrogen-bond acceptors (Lipinski definition) is 3. The van der Waals surface area contributed by atoms with Gasteiger partial charge >= 0.3 is 6.03 Å². The highest BCUT2D eigenvalue weighted by Gasteiger charge is 2.13. The minimum absolute atomic E-state index is 0.0340. The third-order valence-electron chi connectivity index (χ3n) is 3.84. The molecule has 1 aliphatic heterocycles. The van der Waals surface area contributed by atoms with Crippen LogP contribution in [-0.4, -0.2) is 19.0 Å². The van der Waals surface area contributed by atoms with E-state index < -0.39 is 0 Å². The first-order valence-corrected chi connectivity index (χ1v) is 7.79. The average Bonchev–Trinajstić information content (AvgIpc) is 2.76. The minimum atomic E-state index is -0.322. The Balaban J connectivity index is 1.65. The second kappa shape index (κ2) is 7.04. The summed E-state index contributed by atoms with van der Waals surface area (Å²) >= 11 is 0. The second-order valence-electron chi connectivity index (χ2n) is 5.58. The zero-order valence-electron chi connectivity index (χ0n) is 13.4. The number of nitrogens with one attached hydrogen (secondary N) is 3. The lowest BCUT2D eigenvalue weighted by Crippen LogP contribution is -2.19. The number of carbonyl (C=O) groups is 2. The fraction of sp³-hybridized carbons (Fsp3) is 0.222. The summed E-state index contributed by atoms with van der Waals surface area (Å²) in [6.07, 6.45) is 2.14. The number of amides is 3. The number of fused-ring (bicyclic) bond motifs is 1. The first kappa shape index (κ1) is 15.9. The molecule has 0 radical (unpaired) electrons. The number of rotatable bonds is 3. The van der Waals surface area contributed by atoms with E-state index in [4.69, 9.17) is 4.74 Å². The van der Waals surface area contributed by atoms with Gasteiger partial charge in [-0.15, -0.1) is 0 Å². The minimum Gasteiger partial charge on any atom is -0.497 e.